The first kappa shape index (κ1) is 22.2. The molecule has 0 aromatic heterocycles. The number of benzene rings is 3. The fourth-order valence-electron chi connectivity index (χ4n) is 3.21. The molecule has 1 heterocycles. The largest absolute Gasteiger partial charge is 0.486 e. The minimum absolute atomic E-state index is 0.141. The highest BCUT2D eigenvalue weighted by molar-refractivity contribution is 6.37. The highest BCUT2D eigenvalue weighted by Gasteiger charge is 2.33. The monoisotopic (exact) mass is 486 g/mol. The Hall–Kier alpha value is -2.99. The van der Waals surface area contributed by atoms with Crippen molar-refractivity contribution in [2.24, 2.45) is 0 Å². The van der Waals surface area contributed by atoms with Gasteiger partial charge in [0.2, 0.25) is 0 Å². The predicted molar refractivity (Wildman–Crippen MR) is 126 cm³/mol. The van der Waals surface area contributed by atoms with Crippen LogP contribution in [-0.4, -0.2) is 16.8 Å². The molecule has 162 valence electrons. The summed E-state index contributed by atoms with van der Waals surface area (Å²) in [6.07, 6.45) is 1.53. The van der Waals surface area contributed by atoms with E-state index >= 15 is 0 Å². The fraction of sp³-hybridized carbons (Fsp3) is 0.0833. The molecule has 4 rings (SSSR count). The van der Waals surface area contributed by atoms with Crippen molar-refractivity contribution in [1.82, 2.24) is 10.2 Å². The normalized spacial score (nSPS) is 14.7. The average molecular weight is 488 g/mol. The molecule has 3 amide bonds. The summed E-state index contributed by atoms with van der Waals surface area (Å²) in [7, 11) is 0. The maximum Gasteiger partial charge on any atom is 0.329 e. The molecule has 0 spiro atoms. The third-order valence-electron chi connectivity index (χ3n) is 4.81. The van der Waals surface area contributed by atoms with Gasteiger partial charge < -0.3 is 10.1 Å². The number of nitrogens with zero attached hydrogens (tertiary/aromatic N) is 1. The van der Waals surface area contributed by atoms with Crippen LogP contribution in [-0.2, 0) is 17.9 Å². The third kappa shape index (κ3) is 4.91. The Labute approximate surface area is 200 Å². The van der Waals surface area contributed by atoms with Crippen LogP contribution in [0.15, 0.2) is 72.4 Å². The first-order valence-electron chi connectivity index (χ1n) is 9.66. The average Bonchev–Trinajstić information content (AvgIpc) is 3.02. The van der Waals surface area contributed by atoms with Crippen molar-refractivity contribution in [3.63, 3.8) is 0 Å². The molecule has 8 heteroatoms. The highest BCUT2D eigenvalue weighted by Crippen LogP contribution is 2.36. The minimum Gasteiger partial charge on any atom is -0.486 e. The van der Waals surface area contributed by atoms with Crippen LogP contribution in [0.5, 0.6) is 5.75 Å². The first-order chi connectivity index (χ1) is 15.4. The molecule has 32 heavy (non-hydrogen) atoms. The number of nitrogens with one attached hydrogen (secondary N) is 1. The van der Waals surface area contributed by atoms with Gasteiger partial charge in [-0.3, -0.25) is 9.69 Å². The van der Waals surface area contributed by atoms with Crippen LogP contribution in [0.25, 0.3) is 6.08 Å². The van der Waals surface area contributed by atoms with Crippen LogP contribution < -0.4 is 10.1 Å². The van der Waals surface area contributed by atoms with E-state index in [0.29, 0.717) is 16.3 Å². The van der Waals surface area contributed by atoms with Gasteiger partial charge in [0.05, 0.1) is 16.6 Å². The SMILES string of the molecule is O=C1N/C(=C/c2cc(Cl)c(OCc3ccccc3Cl)c(Cl)c2)C(=O)N1Cc1ccccc1. The number of rotatable bonds is 6. The van der Waals surface area contributed by atoms with Crippen molar-refractivity contribution >= 4 is 52.8 Å². The van der Waals surface area contributed by atoms with Crippen molar-refractivity contribution in [1.29, 1.82) is 0 Å². The van der Waals surface area contributed by atoms with Gasteiger partial charge in [0.15, 0.2) is 5.75 Å². The number of halogens is 3. The molecule has 1 aliphatic rings. The van der Waals surface area contributed by atoms with E-state index in [0.717, 1.165) is 16.0 Å². The van der Waals surface area contributed by atoms with Gasteiger partial charge in [0.1, 0.15) is 12.3 Å². The highest BCUT2D eigenvalue weighted by atomic mass is 35.5. The summed E-state index contributed by atoms with van der Waals surface area (Å²) in [6.45, 7) is 0.377. The van der Waals surface area contributed by atoms with E-state index in [1.807, 2.05) is 48.5 Å². The van der Waals surface area contributed by atoms with Crippen molar-refractivity contribution in [3.8, 4) is 5.75 Å². The molecule has 0 saturated carbocycles. The van der Waals surface area contributed by atoms with E-state index in [9.17, 15) is 9.59 Å². The summed E-state index contributed by atoms with van der Waals surface area (Å²) in [5, 5.41) is 3.72. The summed E-state index contributed by atoms with van der Waals surface area (Å²) in [6, 6.07) is 19.3. The Morgan fingerprint density at radius 3 is 2.22 bits per heavy atom. The standard InChI is InChI=1S/C24H17Cl3N2O3/c25-18-9-5-4-8-17(18)14-32-22-19(26)10-16(11-20(22)27)12-21-23(30)29(24(31)28-21)13-15-6-2-1-3-7-15/h1-12H,13-14H2,(H,28,31)/b21-12+. The lowest BCUT2D eigenvalue weighted by molar-refractivity contribution is -0.123. The Balaban J connectivity index is 1.51. The lowest BCUT2D eigenvalue weighted by Gasteiger charge is -2.12. The minimum atomic E-state index is -0.484. The van der Waals surface area contributed by atoms with Crippen LogP contribution in [0.1, 0.15) is 16.7 Å². The number of urea groups is 1. The second kappa shape index (κ2) is 9.65. The summed E-state index contributed by atoms with van der Waals surface area (Å²) in [5.41, 5.74) is 2.34. The van der Waals surface area contributed by atoms with Gasteiger partial charge in [0, 0.05) is 10.6 Å². The topological polar surface area (TPSA) is 58.6 Å². The van der Waals surface area contributed by atoms with Crippen LogP contribution in [0.3, 0.4) is 0 Å². The summed E-state index contributed by atoms with van der Waals surface area (Å²) in [4.78, 5) is 26.2. The quantitative estimate of drug-likeness (QED) is 0.327. The van der Waals surface area contributed by atoms with Gasteiger partial charge >= 0.3 is 6.03 Å². The zero-order valence-electron chi connectivity index (χ0n) is 16.6. The summed E-state index contributed by atoms with van der Waals surface area (Å²) in [5.74, 6) is -0.118. The Morgan fingerprint density at radius 1 is 0.875 bits per heavy atom. The van der Waals surface area contributed by atoms with E-state index in [-0.39, 0.29) is 28.9 Å². The Morgan fingerprint density at radius 2 is 1.53 bits per heavy atom. The predicted octanol–water partition coefficient (Wildman–Crippen LogP) is 6.32. The van der Waals surface area contributed by atoms with Gasteiger partial charge in [-0.15, -0.1) is 0 Å². The molecular weight excluding hydrogens is 471 g/mol. The molecular formula is C24H17Cl3N2O3. The van der Waals surface area contributed by atoms with E-state index in [1.54, 1.807) is 18.2 Å². The number of imide groups is 1. The van der Waals surface area contributed by atoms with Gasteiger partial charge in [0.25, 0.3) is 5.91 Å². The molecule has 1 N–H and O–H groups in total. The molecule has 1 saturated heterocycles. The first-order valence-corrected chi connectivity index (χ1v) is 10.8. The van der Waals surface area contributed by atoms with Gasteiger partial charge in [-0.25, -0.2) is 4.79 Å². The summed E-state index contributed by atoms with van der Waals surface area (Å²) >= 11 is 18.9. The van der Waals surface area contributed by atoms with Crippen molar-refractivity contribution in [2.75, 3.05) is 0 Å². The third-order valence-corrected chi connectivity index (χ3v) is 5.74. The number of amides is 3. The molecule has 3 aromatic carbocycles. The maximum atomic E-state index is 12.7. The number of hydrogen-bond acceptors (Lipinski definition) is 3. The molecule has 0 aliphatic carbocycles. The molecule has 0 bridgehead atoms. The van der Waals surface area contributed by atoms with E-state index in [2.05, 4.69) is 5.32 Å². The molecule has 3 aromatic rings. The lowest BCUT2D eigenvalue weighted by Crippen LogP contribution is -2.30. The van der Waals surface area contributed by atoms with Gasteiger partial charge in [-0.1, -0.05) is 83.3 Å². The smallest absolute Gasteiger partial charge is 0.329 e. The maximum absolute atomic E-state index is 12.7. The molecule has 5 nitrogen and oxygen atoms in total. The van der Waals surface area contributed by atoms with Gasteiger partial charge in [-0.05, 0) is 35.4 Å². The van der Waals surface area contributed by atoms with Crippen molar-refractivity contribution in [3.05, 3.63) is 104 Å². The number of carbonyl (C=O) groups excluding carboxylic acids is 2. The van der Waals surface area contributed by atoms with Crippen molar-refractivity contribution in [2.45, 2.75) is 13.2 Å². The van der Waals surface area contributed by atoms with Crippen molar-refractivity contribution < 1.29 is 14.3 Å². The van der Waals surface area contributed by atoms with Crippen LogP contribution in [0.2, 0.25) is 15.1 Å². The zero-order chi connectivity index (χ0) is 22.7. The fourth-order valence-corrected chi connectivity index (χ4v) is 4.02. The van der Waals surface area contributed by atoms with Gasteiger partial charge in [-0.2, -0.15) is 0 Å². The molecule has 1 aliphatic heterocycles. The number of ether oxygens (including phenoxy) is 1. The Kier molecular flexibility index (Phi) is 6.70. The van der Waals surface area contributed by atoms with E-state index in [4.69, 9.17) is 39.5 Å². The Bertz CT molecular complexity index is 1190. The number of carbonyl (C=O) groups is 2. The summed E-state index contributed by atoms with van der Waals surface area (Å²) < 4.78 is 5.77. The molecule has 0 atom stereocenters. The second-order valence-corrected chi connectivity index (χ2v) is 8.28. The van der Waals surface area contributed by atoms with Crippen LogP contribution >= 0.6 is 34.8 Å². The van der Waals surface area contributed by atoms with E-state index < -0.39 is 11.9 Å². The number of hydrogen-bond donors (Lipinski definition) is 1. The van der Waals surface area contributed by atoms with Crippen LogP contribution in [0.4, 0.5) is 4.79 Å². The second-order valence-electron chi connectivity index (χ2n) is 7.06. The van der Waals surface area contributed by atoms with Crippen LogP contribution in [0, 0.1) is 0 Å². The molecule has 0 unspecified atom stereocenters. The molecule has 1 fully saturated rings. The zero-order valence-corrected chi connectivity index (χ0v) is 18.9. The molecule has 0 radical (unpaired) electrons. The van der Waals surface area contributed by atoms with E-state index in [1.165, 1.54) is 6.08 Å². The lowest BCUT2D eigenvalue weighted by atomic mass is 10.1.